The molecule has 0 spiro atoms. The molecule has 1 aliphatic rings. The lowest BCUT2D eigenvalue weighted by molar-refractivity contribution is 0.272. The molecule has 1 nitrogen and oxygen atoms in total. The van der Waals surface area contributed by atoms with E-state index in [-0.39, 0.29) is 0 Å². The van der Waals surface area contributed by atoms with Gasteiger partial charge in [-0.2, -0.15) is 0 Å². The van der Waals surface area contributed by atoms with E-state index in [2.05, 4.69) is 41.9 Å². The van der Waals surface area contributed by atoms with Crippen molar-refractivity contribution < 1.29 is 0 Å². The summed E-state index contributed by atoms with van der Waals surface area (Å²) in [7, 11) is 0. The molecule has 1 heterocycles. The number of thiophene rings is 1. The first kappa shape index (κ1) is 13.2. The molecule has 19 heavy (non-hydrogen) atoms. The van der Waals surface area contributed by atoms with Crippen molar-refractivity contribution in [3.05, 3.63) is 57.2 Å². The summed E-state index contributed by atoms with van der Waals surface area (Å²) >= 11 is 8.07. The summed E-state index contributed by atoms with van der Waals surface area (Å²) in [6.07, 6.45) is 2.39. The second-order valence-electron chi connectivity index (χ2n) is 5.29. The molecule has 1 aromatic heterocycles. The first-order valence-corrected chi connectivity index (χ1v) is 8.03. The predicted molar refractivity (Wildman–Crippen MR) is 83.1 cm³/mol. The van der Waals surface area contributed by atoms with Crippen LogP contribution in [0, 0.1) is 0 Å². The minimum absolute atomic E-state index is 0.456. The second-order valence-corrected chi connectivity index (χ2v) is 6.68. The number of hydrogen-bond acceptors (Lipinski definition) is 2. The summed E-state index contributed by atoms with van der Waals surface area (Å²) in [5.41, 5.74) is 1.31. The Morgan fingerprint density at radius 1 is 1.21 bits per heavy atom. The maximum atomic E-state index is 6.25. The van der Waals surface area contributed by atoms with Gasteiger partial charge < -0.3 is 5.32 Å². The van der Waals surface area contributed by atoms with Crippen LogP contribution in [0.25, 0.3) is 0 Å². The number of hydrogen-bond donors (Lipinski definition) is 1. The maximum absolute atomic E-state index is 6.25. The van der Waals surface area contributed by atoms with Crippen LogP contribution in [0.4, 0.5) is 0 Å². The van der Waals surface area contributed by atoms with Crippen LogP contribution >= 0.6 is 22.9 Å². The maximum Gasteiger partial charge on any atom is 0.0440 e. The average Bonchev–Trinajstić information content (AvgIpc) is 2.88. The third-order valence-corrected chi connectivity index (χ3v) is 5.34. The fourth-order valence-electron chi connectivity index (χ4n) is 2.79. The smallest absolute Gasteiger partial charge is 0.0440 e. The molecule has 0 aliphatic heterocycles. The van der Waals surface area contributed by atoms with E-state index in [0.29, 0.717) is 18.0 Å². The van der Waals surface area contributed by atoms with Crippen LogP contribution in [0.1, 0.15) is 42.2 Å². The SMILES string of the molecule is C[C@@H](NC1CC(c2ccccc2Cl)C1)c1cccs1. The monoisotopic (exact) mass is 291 g/mol. The molecule has 1 saturated carbocycles. The van der Waals surface area contributed by atoms with Crippen molar-refractivity contribution in [2.45, 2.75) is 37.8 Å². The third-order valence-electron chi connectivity index (χ3n) is 3.94. The number of nitrogens with one attached hydrogen (secondary N) is 1. The highest BCUT2D eigenvalue weighted by Gasteiger charge is 2.32. The van der Waals surface area contributed by atoms with E-state index in [4.69, 9.17) is 11.6 Å². The lowest BCUT2D eigenvalue weighted by atomic mass is 9.75. The van der Waals surface area contributed by atoms with E-state index < -0.39 is 0 Å². The highest BCUT2D eigenvalue weighted by atomic mass is 35.5. The zero-order valence-electron chi connectivity index (χ0n) is 11.0. The summed E-state index contributed by atoms with van der Waals surface area (Å²) in [5, 5.41) is 6.76. The van der Waals surface area contributed by atoms with Crippen LogP contribution < -0.4 is 5.32 Å². The molecule has 3 heteroatoms. The standard InChI is InChI=1S/C16H18ClNS/c1-11(16-7-4-8-19-16)18-13-9-12(10-13)14-5-2-3-6-15(14)17/h2-8,11-13,18H,9-10H2,1H3/t11-,12?,13?/m1/s1. The Kier molecular flexibility index (Phi) is 3.92. The molecule has 1 aliphatic carbocycles. The largest absolute Gasteiger partial charge is 0.307 e. The van der Waals surface area contributed by atoms with Gasteiger partial charge in [-0.3, -0.25) is 0 Å². The van der Waals surface area contributed by atoms with Crippen LogP contribution in [0.15, 0.2) is 41.8 Å². The summed E-state index contributed by atoms with van der Waals surface area (Å²) in [6.45, 7) is 2.24. The highest BCUT2D eigenvalue weighted by Crippen LogP contribution is 2.40. The Morgan fingerprint density at radius 3 is 2.68 bits per heavy atom. The van der Waals surface area contributed by atoms with E-state index >= 15 is 0 Å². The van der Waals surface area contributed by atoms with E-state index in [1.165, 1.54) is 23.3 Å². The van der Waals surface area contributed by atoms with Gasteiger partial charge in [0.25, 0.3) is 0 Å². The van der Waals surface area contributed by atoms with Crippen molar-refractivity contribution in [3.63, 3.8) is 0 Å². The van der Waals surface area contributed by atoms with Gasteiger partial charge in [-0.25, -0.2) is 0 Å². The number of halogens is 1. The van der Waals surface area contributed by atoms with Gasteiger partial charge in [-0.05, 0) is 48.8 Å². The molecule has 0 amide bonds. The molecule has 1 atom stereocenters. The Hall–Kier alpha value is -0.830. The van der Waals surface area contributed by atoms with Gasteiger partial charge in [0, 0.05) is 22.0 Å². The molecular formula is C16H18ClNS. The van der Waals surface area contributed by atoms with Gasteiger partial charge in [0.05, 0.1) is 0 Å². The average molecular weight is 292 g/mol. The predicted octanol–water partition coefficient (Wildman–Crippen LogP) is 5.00. The molecule has 0 radical (unpaired) electrons. The van der Waals surface area contributed by atoms with Crippen molar-refractivity contribution in [2.75, 3.05) is 0 Å². The van der Waals surface area contributed by atoms with Crippen molar-refractivity contribution in [1.29, 1.82) is 0 Å². The second kappa shape index (κ2) is 5.66. The Balaban J connectivity index is 1.55. The van der Waals surface area contributed by atoms with Crippen molar-refractivity contribution in [3.8, 4) is 0 Å². The third kappa shape index (κ3) is 2.86. The van der Waals surface area contributed by atoms with Crippen molar-refractivity contribution in [1.82, 2.24) is 5.32 Å². The molecule has 1 aromatic carbocycles. The Morgan fingerprint density at radius 2 is 2.00 bits per heavy atom. The highest BCUT2D eigenvalue weighted by molar-refractivity contribution is 7.10. The van der Waals surface area contributed by atoms with Crippen LogP contribution in [0.3, 0.4) is 0 Å². The van der Waals surface area contributed by atoms with E-state index in [1.807, 2.05) is 23.5 Å². The van der Waals surface area contributed by atoms with Gasteiger partial charge in [-0.15, -0.1) is 11.3 Å². The molecule has 0 saturated heterocycles. The first-order chi connectivity index (χ1) is 9.24. The molecule has 1 N–H and O–H groups in total. The molecule has 100 valence electrons. The fourth-order valence-corrected chi connectivity index (χ4v) is 3.82. The first-order valence-electron chi connectivity index (χ1n) is 6.78. The lowest BCUT2D eigenvalue weighted by Gasteiger charge is -2.38. The zero-order chi connectivity index (χ0) is 13.2. The molecule has 2 aromatic rings. The normalized spacial score (nSPS) is 23.9. The lowest BCUT2D eigenvalue weighted by Crippen LogP contribution is -2.41. The molecule has 0 unspecified atom stereocenters. The zero-order valence-corrected chi connectivity index (χ0v) is 12.5. The van der Waals surface area contributed by atoms with Gasteiger partial charge in [0.15, 0.2) is 0 Å². The number of rotatable bonds is 4. The molecule has 1 fully saturated rings. The van der Waals surface area contributed by atoms with Crippen molar-refractivity contribution >= 4 is 22.9 Å². The summed E-state index contributed by atoms with van der Waals surface area (Å²) in [5.74, 6) is 0.627. The topological polar surface area (TPSA) is 12.0 Å². The molecule has 3 rings (SSSR count). The van der Waals surface area contributed by atoms with E-state index in [9.17, 15) is 0 Å². The van der Waals surface area contributed by atoms with E-state index in [0.717, 1.165) is 5.02 Å². The quantitative estimate of drug-likeness (QED) is 0.836. The Labute approximate surface area is 123 Å². The van der Waals surface area contributed by atoms with Crippen LogP contribution in [0.5, 0.6) is 0 Å². The van der Waals surface area contributed by atoms with Crippen LogP contribution in [-0.2, 0) is 0 Å². The van der Waals surface area contributed by atoms with Gasteiger partial charge in [0.1, 0.15) is 0 Å². The minimum atomic E-state index is 0.456. The summed E-state index contributed by atoms with van der Waals surface area (Å²) < 4.78 is 0. The van der Waals surface area contributed by atoms with Crippen molar-refractivity contribution in [2.24, 2.45) is 0 Å². The van der Waals surface area contributed by atoms with Gasteiger partial charge in [-0.1, -0.05) is 35.9 Å². The van der Waals surface area contributed by atoms with Gasteiger partial charge in [0.2, 0.25) is 0 Å². The fraction of sp³-hybridized carbons (Fsp3) is 0.375. The van der Waals surface area contributed by atoms with Crippen LogP contribution in [0.2, 0.25) is 5.02 Å². The molecule has 0 bridgehead atoms. The van der Waals surface area contributed by atoms with Crippen LogP contribution in [-0.4, -0.2) is 6.04 Å². The van der Waals surface area contributed by atoms with Gasteiger partial charge >= 0.3 is 0 Å². The summed E-state index contributed by atoms with van der Waals surface area (Å²) in [6, 6.07) is 13.6. The molecular weight excluding hydrogens is 274 g/mol. The number of benzene rings is 1. The minimum Gasteiger partial charge on any atom is -0.307 e. The Bertz CT molecular complexity index is 531. The van der Waals surface area contributed by atoms with E-state index in [1.54, 1.807) is 0 Å². The summed E-state index contributed by atoms with van der Waals surface area (Å²) in [4.78, 5) is 1.42.